The zero-order valence-electron chi connectivity index (χ0n) is 28.2. The number of nitrogens with zero attached hydrogens (tertiary/aromatic N) is 1. The number of aliphatic imine (C=N–C) groups is 1. The number of hydrogen-bond acceptors (Lipinski definition) is 7. The number of carbonyl (C=O) groups is 3. The van der Waals surface area contributed by atoms with Crippen LogP contribution in [0.25, 0.3) is 22.0 Å². The number of carbonyl (C=O) groups excluding carboxylic acids is 2. The molecule has 5 rings (SSSR count). The summed E-state index contributed by atoms with van der Waals surface area (Å²) in [6.07, 6.45) is 0.554. The fourth-order valence-corrected chi connectivity index (χ4v) is 5.87. The minimum atomic E-state index is -1.25. The molecule has 0 fully saturated rings. The first-order valence-corrected chi connectivity index (χ1v) is 16.1. The molecule has 1 heterocycles. The summed E-state index contributed by atoms with van der Waals surface area (Å²) in [5, 5.41) is 13.5. The van der Waals surface area contributed by atoms with Crippen LogP contribution in [-0.4, -0.2) is 63.9 Å². The zero-order chi connectivity index (χ0) is 34.6. The van der Waals surface area contributed by atoms with Crippen LogP contribution >= 0.6 is 0 Å². The Morgan fingerprint density at radius 1 is 0.854 bits per heavy atom. The predicted molar refractivity (Wildman–Crippen MR) is 184 cm³/mol. The highest BCUT2D eigenvalue weighted by Gasteiger charge is 2.34. The van der Waals surface area contributed by atoms with Crippen LogP contribution in [0, 0.1) is 0 Å². The Bertz CT molecular complexity index is 1780. The van der Waals surface area contributed by atoms with Gasteiger partial charge in [-0.3, -0.25) is 4.79 Å². The van der Waals surface area contributed by atoms with E-state index >= 15 is 0 Å². The minimum Gasteiger partial charge on any atom is -0.481 e. The number of para-hydroxylation sites is 1. The van der Waals surface area contributed by atoms with E-state index < -0.39 is 47.7 Å². The number of esters is 1. The number of H-pyrrole nitrogens is 1. The van der Waals surface area contributed by atoms with Crippen LogP contribution in [0.4, 0.5) is 4.79 Å². The van der Waals surface area contributed by atoms with Crippen molar-refractivity contribution in [2.24, 2.45) is 4.99 Å². The van der Waals surface area contributed by atoms with Gasteiger partial charge in [-0.1, -0.05) is 66.7 Å². The second kappa shape index (κ2) is 13.9. The second-order valence-electron chi connectivity index (χ2n) is 13.9. The Hall–Kier alpha value is -5.12. The van der Waals surface area contributed by atoms with E-state index in [2.05, 4.69) is 10.3 Å². The molecule has 0 bridgehead atoms. The van der Waals surface area contributed by atoms with Crippen LogP contribution in [-0.2, 0) is 30.2 Å². The van der Waals surface area contributed by atoms with Crippen LogP contribution in [0.15, 0.2) is 84.0 Å². The molecular formula is C38H43N3O7. The fraction of sp³-hybridized carbons (Fsp3) is 0.368. The molecule has 3 N–H and O–H groups in total. The number of aliphatic carboxylic acids is 1. The van der Waals surface area contributed by atoms with E-state index in [9.17, 15) is 19.5 Å². The molecule has 2 unspecified atom stereocenters. The lowest BCUT2D eigenvalue weighted by Crippen LogP contribution is -2.47. The number of aromatic amines is 1. The van der Waals surface area contributed by atoms with Gasteiger partial charge in [0.15, 0.2) is 6.04 Å². The molecule has 10 nitrogen and oxygen atoms in total. The Morgan fingerprint density at radius 3 is 2.04 bits per heavy atom. The van der Waals surface area contributed by atoms with Gasteiger partial charge in [0.05, 0.1) is 6.42 Å². The SMILES string of the molecule is CC(C)(C)OC(=O)C(Cc1c[nH]c2ccccc12)N=C(OC(C)(C)C)C(CC(=O)O)NC(=O)OCC1c2ccccc2-c2ccccc21. The number of hydrogen-bond donors (Lipinski definition) is 3. The molecule has 252 valence electrons. The average Bonchev–Trinajstić information content (AvgIpc) is 3.56. The Kier molecular flexibility index (Phi) is 9.93. The molecule has 1 aliphatic rings. The van der Waals surface area contributed by atoms with Gasteiger partial charge in [0.2, 0.25) is 5.90 Å². The number of amides is 1. The third-order valence-corrected chi connectivity index (χ3v) is 7.77. The molecule has 0 saturated carbocycles. The summed E-state index contributed by atoms with van der Waals surface area (Å²) in [6, 6.07) is 21.3. The fourth-order valence-electron chi connectivity index (χ4n) is 5.87. The maximum Gasteiger partial charge on any atom is 0.407 e. The number of benzene rings is 3. The summed E-state index contributed by atoms with van der Waals surface area (Å²) in [7, 11) is 0. The Morgan fingerprint density at radius 2 is 1.44 bits per heavy atom. The highest BCUT2D eigenvalue weighted by molar-refractivity contribution is 5.92. The summed E-state index contributed by atoms with van der Waals surface area (Å²) in [5.74, 6) is -2.12. The lowest BCUT2D eigenvalue weighted by atomic mass is 9.98. The molecule has 1 aromatic heterocycles. The molecule has 4 aromatic rings. The standard InChI is InChI=1S/C38H43N3O7/c1-37(2,3)47-34(40-32(35(44)48-38(4,5)6)19-23-21-39-30-18-12-11-13-24(23)30)31(20-33(42)43)41-36(45)46-22-29-27-16-9-7-14-25(27)26-15-8-10-17-28(26)29/h7-18,21,29,31-32,39H,19-20,22H2,1-6H3,(H,41,45)(H,42,43). The lowest BCUT2D eigenvalue weighted by Gasteiger charge is -2.29. The van der Waals surface area contributed by atoms with Crippen molar-refractivity contribution in [1.29, 1.82) is 0 Å². The third kappa shape index (κ3) is 8.42. The summed E-state index contributed by atoms with van der Waals surface area (Å²) in [4.78, 5) is 47.0. The molecule has 10 heteroatoms. The number of fused-ring (bicyclic) bond motifs is 4. The molecular weight excluding hydrogens is 610 g/mol. The van der Waals surface area contributed by atoms with E-state index in [0.717, 1.165) is 38.7 Å². The largest absolute Gasteiger partial charge is 0.481 e. The van der Waals surface area contributed by atoms with Crippen LogP contribution in [0.2, 0.25) is 0 Å². The van der Waals surface area contributed by atoms with Gasteiger partial charge in [0.1, 0.15) is 23.9 Å². The van der Waals surface area contributed by atoms with E-state index in [4.69, 9.17) is 19.2 Å². The zero-order valence-corrected chi connectivity index (χ0v) is 28.2. The molecule has 1 aliphatic carbocycles. The molecule has 2 atom stereocenters. The topological polar surface area (TPSA) is 139 Å². The van der Waals surface area contributed by atoms with E-state index in [-0.39, 0.29) is 24.8 Å². The number of rotatable bonds is 10. The molecule has 0 saturated heterocycles. The van der Waals surface area contributed by atoms with Gasteiger partial charge >= 0.3 is 18.0 Å². The van der Waals surface area contributed by atoms with Gasteiger partial charge in [-0.05, 0) is 75.4 Å². The van der Waals surface area contributed by atoms with Crippen LogP contribution in [0.3, 0.4) is 0 Å². The third-order valence-electron chi connectivity index (χ3n) is 7.77. The van der Waals surface area contributed by atoms with Gasteiger partial charge in [0.25, 0.3) is 0 Å². The van der Waals surface area contributed by atoms with E-state index in [0.29, 0.717) is 0 Å². The molecule has 0 radical (unpaired) electrons. The summed E-state index contributed by atoms with van der Waals surface area (Å²) in [5.41, 5.74) is 4.32. The number of ether oxygens (including phenoxy) is 3. The first-order chi connectivity index (χ1) is 22.7. The highest BCUT2D eigenvalue weighted by Crippen LogP contribution is 2.44. The van der Waals surface area contributed by atoms with Crippen molar-refractivity contribution < 1.29 is 33.7 Å². The van der Waals surface area contributed by atoms with E-state index in [1.165, 1.54) is 0 Å². The summed E-state index contributed by atoms with van der Waals surface area (Å²) in [6.45, 7) is 10.6. The van der Waals surface area contributed by atoms with E-state index in [1.54, 1.807) is 41.5 Å². The van der Waals surface area contributed by atoms with Gasteiger partial charge in [0, 0.05) is 29.4 Å². The number of nitrogens with one attached hydrogen (secondary N) is 2. The first-order valence-electron chi connectivity index (χ1n) is 16.1. The van der Waals surface area contributed by atoms with Crippen molar-refractivity contribution in [2.75, 3.05) is 6.61 Å². The predicted octanol–water partition coefficient (Wildman–Crippen LogP) is 7.02. The minimum absolute atomic E-state index is 0.0351. The van der Waals surface area contributed by atoms with Crippen LogP contribution < -0.4 is 5.32 Å². The van der Waals surface area contributed by atoms with Crippen LogP contribution in [0.5, 0.6) is 0 Å². The Balaban J connectivity index is 1.43. The van der Waals surface area contributed by atoms with Crippen molar-refractivity contribution in [3.05, 3.63) is 95.7 Å². The first kappa shape index (κ1) is 34.2. The molecule has 0 aliphatic heterocycles. The quantitative estimate of drug-likeness (QED) is 0.0950. The average molecular weight is 654 g/mol. The number of aromatic nitrogens is 1. The van der Waals surface area contributed by atoms with Crippen LogP contribution in [0.1, 0.15) is 70.6 Å². The molecule has 0 spiro atoms. The van der Waals surface area contributed by atoms with E-state index in [1.807, 2.05) is 79.0 Å². The monoisotopic (exact) mass is 653 g/mol. The lowest BCUT2D eigenvalue weighted by molar-refractivity contribution is -0.156. The highest BCUT2D eigenvalue weighted by atomic mass is 16.6. The molecule has 1 amide bonds. The normalized spacial score (nSPS) is 14.5. The van der Waals surface area contributed by atoms with Crippen molar-refractivity contribution in [3.8, 4) is 11.1 Å². The maximum absolute atomic E-state index is 13.6. The van der Waals surface area contributed by atoms with Gasteiger partial charge in [-0.25, -0.2) is 14.6 Å². The maximum atomic E-state index is 13.6. The number of carboxylic acid groups (broad SMARTS) is 1. The molecule has 3 aromatic carbocycles. The number of alkyl carbamates (subject to hydrolysis) is 1. The Labute approximate surface area is 280 Å². The van der Waals surface area contributed by atoms with Crippen molar-refractivity contribution >= 4 is 34.8 Å². The van der Waals surface area contributed by atoms with Gasteiger partial charge < -0.3 is 29.6 Å². The molecule has 48 heavy (non-hydrogen) atoms. The second-order valence-corrected chi connectivity index (χ2v) is 13.9. The number of carboxylic acids is 1. The smallest absolute Gasteiger partial charge is 0.407 e. The van der Waals surface area contributed by atoms with Crippen molar-refractivity contribution in [2.45, 2.75) is 83.6 Å². The van der Waals surface area contributed by atoms with Gasteiger partial charge in [-0.15, -0.1) is 0 Å². The summed E-state index contributed by atoms with van der Waals surface area (Å²) < 4.78 is 17.7. The van der Waals surface area contributed by atoms with Crippen molar-refractivity contribution in [1.82, 2.24) is 10.3 Å². The van der Waals surface area contributed by atoms with Crippen molar-refractivity contribution in [3.63, 3.8) is 0 Å². The summed E-state index contributed by atoms with van der Waals surface area (Å²) >= 11 is 0. The van der Waals surface area contributed by atoms with Gasteiger partial charge in [-0.2, -0.15) is 0 Å².